The number of pyridine rings is 2. The first-order chi connectivity index (χ1) is 18.9. The monoisotopic (exact) mass is 530 g/mol. The average Bonchev–Trinajstić information content (AvgIpc) is 3.54. The highest BCUT2D eigenvalue weighted by molar-refractivity contribution is 7.13. The zero-order valence-electron chi connectivity index (χ0n) is 22.0. The zero-order valence-corrected chi connectivity index (χ0v) is 22.8. The Labute approximate surface area is 232 Å². The number of allylic oxidation sites excluding steroid dienone is 2. The molecule has 1 aromatic carbocycles. The maximum Gasteiger partial charge on any atom is 0.111 e. The molecule has 0 saturated carbocycles. The van der Waals surface area contributed by atoms with E-state index in [-0.39, 0.29) is 0 Å². The predicted octanol–water partition coefficient (Wildman–Crippen LogP) is 7.42. The fraction of sp³-hybridized carbons (Fsp3) is 0.0938. The van der Waals surface area contributed by atoms with E-state index in [1.807, 2.05) is 55.5 Å². The highest BCUT2D eigenvalue weighted by atomic mass is 32.1. The van der Waals surface area contributed by atoms with E-state index in [9.17, 15) is 0 Å². The van der Waals surface area contributed by atoms with Gasteiger partial charge in [-0.3, -0.25) is 9.97 Å². The number of nitrogens with one attached hydrogen (secondary N) is 2. The van der Waals surface area contributed by atoms with Crippen LogP contribution < -0.4 is 11.1 Å². The fourth-order valence-electron chi connectivity index (χ4n) is 4.38. The molecule has 0 amide bonds. The number of nitrogens with two attached hydrogens (primary N) is 1. The minimum Gasteiger partial charge on any atom is -0.397 e. The lowest BCUT2D eigenvalue weighted by atomic mass is 10.1. The lowest BCUT2D eigenvalue weighted by molar-refractivity contribution is 1.01. The zero-order chi connectivity index (χ0) is 27.4. The number of aryl methyl sites for hydroxylation is 2. The minimum absolute atomic E-state index is 0.545. The number of hydrogen-bond acceptors (Lipinski definition) is 6. The van der Waals surface area contributed by atoms with E-state index in [1.54, 1.807) is 36.0 Å². The van der Waals surface area contributed by atoms with Crippen LogP contribution in [0.1, 0.15) is 38.1 Å². The molecule has 4 aromatic heterocycles. The van der Waals surface area contributed by atoms with Crippen molar-refractivity contribution in [2.24, 2.45) is 0 Å². The number of nitrogen functional groups attached to an aromatic ring is 1. The summed E-state index contributed by atoms with van der Waals surface area (Å²) in [5.74, 6) is 0.835. The summed E-state index contributed by atoms with van der Waals surface area (Å²) in [6.45, 7) is 12.2. The van der Waals surface area contributed by atoms with Crippen molar-refractivity contribution in [2.75, 3.05) is 11.1 Å². The van der Waals surface area contributed by atoms with Crippen molar-refractivity contribution in [1.82, 2.24) is 19.9 Å². The molecule has 0 aliphatic carbocycles. The van der Waals surface area contributed by atoms with Gasteiger partial charge < -0.3 is 16.0 Å². The number of nitrogens with zero attached hydrogens (tertiary/aromatic N) is 3. The van der Waals surface area contributed by atoms with Crippen LogP contribution in [0.5, 0.6) is 0 Å². The van der Waals surface area contributed by atoms with Crippen LogP contribution in [0.15, 0.2) is 98.5 Å². The van der Waals surface area contributed by atoms with Crippen LogP contribution in [0.4, 0.5) is 11.4 Å². The van der Waals surface area contributed by atoms with Crippen LogP contribution in [0, 0.1) is 13.8 Å². The van der Waals surface area contributed by atoms with Gasteiger partial charge in [0, 0.05) is 44.9 Å². The number of hydrogen-bond donors (Lipinski definition) is 3. The van der Waals surface area contributed by atoms with Gasteiger partial charge in [0.2, 0.25) is 0 Å². The molecule has 0 aliphatic heterocycles. The highest BCUT2D eigenvalue weighted by Gasteiger charge is 2.16. The molecule has 0 unspecified atom stereocenters. The molecule has 7 heteroatoms. The number of rotatable bonds is 9. The molecule has 39 heavy (non-hydrogen) atoms. The Morgan fingerprint density at radius 1 is 1.08 bits per heavy atom. The van der Waals surface area contributed by atoms with Crippen LogP contribution in [-0.2, 0) is 6.42 Å². The van der Waals surface area contributed by atoms with E-state index in [1.165, 1.54) is 4.88 Å². The maximum atomic E-state index is 6.36. The molecule has 0 aliphatic rings. The van der Waals surface area contributed by atoms with Crippen LogP contribution in [0.3, 0.4) is 0 Å². The topological polar surface area (TPSA) is 92.5 Å². The first kappa shape index (κ1) is 25.9. The normalized spacial score (nSPS) is 11.4. The second kappa shape index (κ2) is 11.3. The molecule has 0 saturated heterocycles. The second-order valence-corrected chi connectivity index (χ2v) is 10.5. The summed E-state index contributed by atoms with van der Waals surface area (Å²) in [7, 11) is 0. The van der Waals surface area contributed by atoms with Gasteiger partial charge in [-0.1, -0.05) is 55.6 Å². The largest absolute Gasteiger partial charge is 0.397 e. The lowest BCUT2D eigenvalue weighted by Crippen LogP contribution is -2.01. The third-order valence-corrected chi connectivity index (χ3v) is 7.35. The van der Waals surface area contributed by atoms with Crippen molar-refractivity contribution in [2.45, 2.75) is 20.3 Å². The van der Waals surface area contributed by atoms with Gasteiger partial charge in [-0.05, 0) is 49.2 Å². The van der Waals surface area contributed by atoms with Crippen molar-refractivity contribution in [3.63, 3.8) is 0 Å². The van der Waals surface area contributed by atoms with Crippen molar-refractivity contribution < 1.29 is 0 Å². The van der Waals surface area contributed by atoms with Crippen LogP contribution in [0.25, 0.3) is 22.5 Å². The highest BCUT2D eigenvalue weighted by Crippen LogP contribution is 2.31. The summed E-state index contributed by atoms with van der Waals surface area (Å²) in [5.41, 5.74) is 15.2. The molecule has 0 bridgehead atoms. The van der Waals surface area contributed by atoms with Crippen molar-refractivity contribution >= 4 is 34.0 Å². The molecule has 6 nitrogen and oxygen atoms in total. The third kappa shape index (κ3) is 5.89. The van der Waals surface area contributed by atoms with Gasteiger partial charge in [0.1, 0.15) is 5.82 Å². The fourth-order valence-corrected chi connectivity index (χ4v) is 5.27. The minimum atomic E-state index is 0.545. The summed E-state index contributed by atoms with van der Waals surface area (Å²) in [6.07, 6.45) is 9.62. The molecule has 0 spiro atoms. The molecule has 0 fully saturated rings. The molecule has 0 atom stereocenters. The Morgan fingerprint density at radius 3 is 2.64 bits per heavy atom. The maximum absolute atomic E-state index is 6.36. The average molecular weight is 531 g/mol. The quantitative estimate of drug-likeness (QED) is 0.172. The van der Waals surface area contributed by atoms with Gasteiger partial charge in [-0.25, -0.2) is 4.98 Å². The van der Waals surface area contributed by atoms with Crippen LogP contribution >= 0.6 is 11.3 Å². The number of thiophene rings is 1. The number of aromatic amines is 1. The Balaban J connectivity index is 1.39. The molecule has 0 radical (unpaired) electrons. The number of anilines is 2. The molecule has 4 heterocycles. The van der Waals surface area contributed by atoms with Crippen molar-refractivity contribution in [3.05, 3.63) is 137 Å². The second-order valence-electron chi connectivity index (χ2n) is 9.26. The Morgan fingerprint density at radius 2 is 1.90 bits per heavy atom. The van der Waals surface area contributed by atoms with Crippen LogP contribution in [-0.4, -0.2) is 19.9 Å². The van der Waals surface area contributed by atoms with E-state index in [0.29, 0.717) is 12.1 Å². The first-order valence-corrected chi connectivity index (χ1v) is 13.4. The van der Waals surface area contributed by atoms with E-state index in [0.717, 1.165) is 61.4 Å². The van der Waals surface area contributed by atoms with Crippen LogP contribution in [0.2, 0.25) is 0 Å². The summed E-state index contributed by atoms with van der Waals surface area (Å²) in [5, 5.41) is 3.34. The summed E-state index contributed by atoms with van der Waals surface area (Å²) < 4.78 is 0. The van der Waals surface area contributed by atoms with E-state index in [4.69, 9.17) is 10.7 Å². The van der Waals surface area contributed by atoms with Gasteiger partial charge in [0.15, 0.2) is 0 Å². The molecule has 194 valence electrons. The number of imidazole rings is 1. The van der Waals surface area contributed by atoms with Gasteiger partial charge in [-0.2, -0.15) is 0 Å². The predicted molar refractivity (Wildman–Crippen MR) is 163 cm³/mol. The smallest absolute Gasteiger partial charge is 0.111 e. The van der Waals surface area contributed by atoms with Gasteiger partial charge in [-0.15, -0.1) is 11.3 Å². The Bertz CT molecular complexity index is 1680. The van der Waals surface area contributed by atoms with E-state index < -0.39 is 0 Å². The SMILES string of the molecule is C=C/C=C(/c1ccc(C)s1)c1nc(Cc2cc(-c3cncc(NC(=C)c4ccccc4)c3)ncc2N)[nH]c1C. The number of H-pyrrole nitrogens is 1. The van der Waals surface area contributed by atoms with Crippen molar-refractivity contribution in [3.8, 4) is 11.3 Å². The van der Waals surface area contributed by atoms with Gasteiger partial charge >= 0.3 is 0 Å². The molecule has 5 aromatic rings. The van der Waals surface area contributed by atoms with Gasteiger partial charge in [0.25, 0.3) is 0 Å². The molecule has 4 N–H and O–H groups in total. The number of aromatic nitrogens is 4. The molecular formula is C32H30N6S. The molecular weight excluding hydrogens is 500 g/mol. The van der Waals surface area contributed by atoms with Gasteiger partial charge in [0.05, 0.1) is 35.2 Å². The molecule has 5 rings (SSSR count). The number of benzene rings is 1. The van der Waals surface area contributed by atoms with E-state index >= 15 is 0 Å². The lowest BCUT2D eigenvalue weighted by Gasteiger charge is -2.11. The Kier molecular flexibility index (Phi) is 7.52. The summed E-state index contributed by atoms with van der Waals surface area (Å²) in [6, 6.07) is 18.2. The summed E-state index contributed by atoms with van der Waals surface area (Å²) in [4.78, 5) is 19.8. The third-order valence-electron chi connectivity index (χ3n) is 6.31. The van der Waals surface area contributed by atoms with Crippen molar-refractivity contribution in [1.29, 1.82) is 0 Å². The summed E-state index contributed by atoms with van der Waals surface area (Å²) >= 11 is 1.74. The first-order valence-electron chi connectivity index (χ1n) is 12.6. The Hall–Kier alpha value is -4.75. The standard InChI is InChI=1S/C32H30N6S/c1-5-9-27(30-13-12-20(2)39-30)32-22(4)37-31(38-32)16-24-15-29(35-19-28(24)33)25-14-26(18-34-17-25)36-21(3)23-10-7-6-8-11-23/h5-15,17-19,36H,1,3,16,33H2,2,4H3,(H,37,38)/b27-9-. The van der Waals surface area contributed by atoms with E-state index in [2.05, 4.69) is 52.5 Å².